The van der Waals surface area contributed by atoms with E-state index in [9.17, 15) is 4.79 Å². The number of Topliss-reactive ketones (excluding diaryl/α,β-unsaturated/α-hetero) is 1. The highest BCUT2D eigenvalue weighted by Crippen LogP contribution is 2.26. The molecule has 0 spiro atoms. The highest BCUT2D eigenvalue weighted by molar-refractivity contribution is 6.31. The third kappa shape index (κ3) is 3.17. The Morgan fingerprint density at radius 2 is 1.81 bits per heavy atom. The molecule has 4 heteroatoms. The lowest BCUT2D eigenvalue weighted by atomic mass is 10.0. The van der Waals surface area contributed by atoms with Gasteiger partial charge in [-0.15, -0.1) is 0 Å². The number of aryl methyl sites for hydroxylation is 1. The summed E-state index contributed by atoms with van der Waals surface area (Å²) in [5.74, 6) is 0.130. The van der Waals surface area contributed by atoms with Gasteiger partial charge < -0.3 is 4.42 Å². The van der Waals surface area contributed by atoms with Crippen LogP contribution in [-0.4, -0.2) is 15.8 Å². The lowest BCUT2D eigenvalue weighted by molar-refractivity contribution is 0.105. The van der Waals surface area contributed by atoms with Crippen molar-refractivity contribution in [3.63, 3.8) is 0 Å². The molecule has 2 aromatic carbocycles. The van der Waals surface area contributed by atoms with Crippen molar-refractivity contribution in [3.8, 4) is 0 Å². The Bertz CT molecular complexity index is 1060. The second-order valence-corrected chi connectivity index (χ2v) is 6.03. The van der Waals surface area contributed by atoms with Gasteiger partial charge in [-0.05, 0) is 42.8 Å². The number of oxazole rings is 1. The molecule has 0 aliphatic heterocycles. The minimum atomic E-state index is -0.176. The van der Waals surface area contributed by atoms with Crippen LogP contribution >= 0.6 is 0 Å². The highest BCUT2D eigenvalue weighted by atomic mass is 16.3. The fourth-order valence-electron chi connectivity index (χ4n) is 2.69. The fourth-order valence-corrected chi connectivity index (χ4v) is 2.69. The molecule has 4 rings (SSSR count). The van der Waals surface area contributed by atoms with Crippen molar-refractivity contribution < 1.29 is 9.21 Å². The number of ketones is 1. The molecular weight excluding hydrogens is 324 g/mol. The van der Waals surface area contributed by atoms with Crippen LogP contribution in [0.25, 0.3) is 22.7 Å². The number of allylic oxidation sites excluding steroid dienone is 1. The van der Waals surface area contributed by atoms with Gasteiger partial charge in [-0.2, -0.15) is 0 Å². The van der Waals surface area contributed by atoms with Gasteiger partial charge in [0.15, 0.2) is 11.4 Å². The van der Waals surface area contributed by atoms with Crippen LogP contribution in [0.1, 0.15) is 27.4 Å². The summed E-state index contributed by atoms with van der Waals surface area (Å²) >= 11 is 0. The molecule has 0 amide bonds. The molecule has 0 bridgehead atoms. The molecular formula is C22H16N2O2. The molecule has 4 nitrogen and oxygen atoms in total. The number of aromatic nitrogens is 2. The number of benzene rings is 2. The Labute approximate surface area is 150 Å². The predicted octanol–water partition coefficient (Wildman–Crippen LogP) is 4.95. The van der Waals surface area contributed by atoms with Crippen molar-refractivity contribution in [1.29, 1.82) is 0 Å². The second kappa shape index (κ2) is 6.76. The van der Waals surface area contributed by atoms with Crippen molar-refractivity contribution >= 4 is 28.5 Å². The van der Waals surface area contributed by atoms with E-state index in [4.69, 9.17) is 4.42 Å². The molecule has 0 saturated carbocycles. The first-order valence-corrected chi connectivity index (χ1v) is 8.30. The number of fused-ring (bicyclic) bond motifs is 1. The number of para-hydroxylation sites is 2. The first kappa shape index (κ1) is 16.0. The molecule has 0 N–H and O–H groups in total. The van der Waals surface area contributed by atoms with Gasteiger partial charge in [-0.1, -0.05) is 42.0 Å². The van der Waals surface area contributed by atoms with Crippen LogP contribution in [0.15, 0.2) is 77.5 Å². The number of carbonyl (C=O) groups excluding carboxylic acids is 1. The minimum Gasteiger partial charge on any atom is -0.436 e. The summed E-state index contributed by atoms with van der Waals surface area (Å²) in [5, 5.41) is 0. The topological polar surface area (TPSA) is 56.0 Å². The van der Waals surface area contributed by atoms with E-state index in [1.807, 2.05) is 55.5 Å². The number of hydrogen-bond donors (Lipinski definition) is 0. The standard InChI is InChI=1S/C22H16N2O2/c1-15-8-10-16(11-9-15)13-18(21(25)17-5-4-12-23-14-17)22-24-19-6-2-3-7-20(19)26-22/h2-14H,1H3/b18-13-. The van der Waals surface area contributed by atoms with Crippen molar-refractivity contribution in [2.45, 2.75) is 6.92 Å². The molecule has 0 aliphatic carbocycles. The minimum absolute atomic E-state index is 0.176. The van der Waals surface area contributed by atoms with E-state index in [0.717, 1.165) is 16.6 Å². The van der Waals surface area contributed by atoms with Crippen molar-refractivity contribution in [1.82, 2.24) is 9.97 Å². The molecule has 0 aliphatic rings. The summed E-state index contributed by atoms with van der Waals surface area (Å²) in [7, 11) is 0. The molecule has 2 heterocycles. The van der Waals surface area contributed by atoms with Crippen LogP contribution in [0.5, 0.6) is 0 Å². The Balaban J connectivity index is 1.85. The molecule has 4 aromatic rings. The van der Waals surface area contributed by atoms with Crippen LogP contribution in [0, 0.1) is 6.92 Å². The average Bonchev–Trinajstić information content (AvgIpc) is 3.11. The highest BCUT2D eigenvalue weighted by Gasteiger charge is 2.20. The van der Waals surface area contributed by atoms with Crippen LogP contribution in [0.2, 0.25) is 0 Å². The van der Waals surface area contributed by atoms with E-state index >= 15 is 0 Å². The second-order valence-electron chi connectivity index (χ2n) is 6.03. The summed E-state index contributed by atoms with van der Waals surface area (Å²) in [6.45, 7) is 2.02. The molecule has 26 heavy (non-hydrogen) atoms. The molecule has 2 aromatic heterocycles. The number of nitrogens with zero attached hydrogens (tertiary/aromatic N) is 2. The molecule has 0 unspecified atom stereocenters. The smallest absolute Gasteiger partial charge is 0.231 e. The zero-order valence-corrected chi connectivity index (χ0v) is 14.2. The Morgan fingerprint density at radius 1 is 1.00 bits per heavy atom. The Morgan fingerprint density at radius 3 is 2.54 bits per heavy atom. The van der Waals surface area contributed by atoms with Crippen LogP contribution in [0.4, 0.5) is 0 Å². The molecule has 0 radical (unpaired) electrons. The summed E-state index contributed by atoms with van der Waals surface area (Å²) in [5.41, 5.74) is 4.33. The number of pyridine rings is 1. The van der Waals surface area contributed by atoms with Gasteiger partial charge in [0.2, 0.25) is 5.89 Å². The van der Waals surface area contributed by atoms with Gasteiger partial charge in [0.1, 0.15) is 5.52 Å². The molecule has 126 valence electrons. The zero-order valence-electron chi connectivity index (χ0n) is 14.2. The monoisotopic (exact) mass is 340 g/mol. The molecule has 0 fully saturated rings. The van der Waals surface area contributed by atoms with Gasteiger partial charge in [-0.3, -0.25) is 9.78 Å². The van der Waals surface area contributed by atoms with Crippen LogP contribution in [-0.2, 0) is 0 Å². The van der Waals surface area contributed by atoms with Gasteiger partial charge in [0.05, 0.1) is 5.57 Å². The van der Waals surface area contributed by atoms with E-state index in [1.165, 1.54) is 0 Å². The number of carbonyl (C=O) groups is 1. The predicted molar refractivity (Wildman–Crippen MR) is 102 cm³/mol. The maximum Gasteiger partial charge on any atom is 0.231 e. The van der Waals surface area contributed by atoms with Gasteiger partial charge >= 0.3 is 0 Å². The van der Waals surface area contributed by atoms with E-state index in [0.29, 0.717) is 22.6 Å². The van der Waals surface area contributed by atoms with Crippen molar-refractivity contribution in [3.05, 3.63) is 95.6 Å². The lowest BCUT2D eigenvalue weighted by Crippen LogP contribution is -2.03. The Hall–Kier alpha value is -3.53. The van der Waals surface area contributed by atoms with Crippen molar-refractivity contribution in [2.75, 3.05) is 0 Å². The van der Waals surface area contributed by atoms with Gasteiger partial charge in [0, 0.05) is 18.0 Å². The maximum absolute atomic E-state index is 13.1. The van der Waals surface area contributed by atoms with Crippen LogP contribution in [0.3, 0.4) is 0 Å². The summed E-state index contributed by atoms with van der Waals surface area (Å²) < 4.78 is 5.85. The Kier molecular flexibility index (Phi) is 4.15. The van der Waals surface area contributed by atoms with E-state index in [1.54, 1.807) is 30.6 Å². The summed E-state index contributed by atoms with van der Waals surface area (Å²) in [6.07, 6.45) is 4.99. The largest absolute Gasteiger partial charge is 0.436 e. The fraction of sp³-hybridized carbons (Fsp3) is 0.0455. The third-order valence-electron chi connectivity index (χ3n) is 4.08. The zero-order chi connectivity index (χ0) is 17.9. The van der Waals surface area contributed by atoms with E-state index in [-0.39, 0.29) is 5.78 Å². The third-order valence-corrected chi connectivity index (χ3v) is 4.08. The normalized spacial score (nSPS) is 11.7. The maximum atomic E-state index is 13.1. The van der Waals surface area contributed by atoms with Crippen LogP contribution < -0.4 is 0 Å². The van der Waals surface area contributed by atoms with Gasteiger partial charge in [-0.25, -0.2) is 4.98 Å². The number of hydrogen-bond acceptors (Lipinski definition) is 4. The molecule has 0 saturated heterocycles. The lowest BCUT2D eigenvalue weighted by Gasteiger charge is -2.04. The van der Waals surface area contributed by atoms with Crippen molar-refractivity contribution in [2.24, 2.45) is 0 Å². The summed E-state index contributed by atoms with van der Waals surface area (Å²) in [4.78, 5) is 21.6. The first-order chi connectivity index (χ1) is 12.7. The van der Waals surface area contributed by atoms with E-state index < -0.39 is 0 Å². The quantitative estimate of drug-likeness (QED) is 0.389. The summed E-state index contributed by atoms with van der Waals surface area (Å²) in [6, 6.07) is 18.9. The van der Waals surface area contributed by atoms with E-state index in [2.05, 4.69) is 9.97 Å². The average molecular weight is 340 g/mol. The molecule has 0 atom stereocenters. The number of rotatable bonds is 4. The van der Waals surface area contributed by atoms with Gasteiger partial charge in [0.25, 0.3) is 0 Å². The first-order valence-electron chi connectivity index (χ1n) is 8.30. The SMILES string of the molecule is Cc1ccc(/C=C(/C(=O)c2cccnc2)c2nc3ccccc3o2)cc1.